The van der Waals surface area contributed by atoms with Crippen molar-refractivity contribution in [3.63, 3.8) is 0 Å². The lowest BCUT2D eigenvalue weighted by Gasteiger charge is -2.32. The van der Waals surface area contributed by atoms with Crippen LogP contribution in [0.5, 0.6) is 0 Å². The van der Waals surface area contributed by atoms with E-state index in [9.17, 15) is 9.59 Å². The largest absolute Gasteiger partial charge is 0.332 e. The molecule has 2 aromatic heterocycles. The molecule has 1 atom stereocenters. The van der Waals surface area contributed by atoms with Gasteiger partial charge in [0.25, 0.3) is 5.56 Å². The van der Waals surface area contributed by atoms with Crippen LogP contribution in [0.4, 0.5) is 5.95 Å². The molecule has 0 saturated carbocycles. The Labute approximate surface area is 163 Å². The summed E-state index contributed by atoms with van der Waals surface area (Å²) in [5.74, 6) is 0.645. The second-order valence-electron chi connectivity index (χ2n) is 7.79. The lowest BCUT2D eigenvalue weighted by Crippen LogP contribution is -2.41. The maximum absolute atomic E-state index is 13.1. The van der Waals surface area contributed by atoms with Gasteiger partial charge in [-0.25, -0.2) is 9.80 Å². The van der Waals surface area contributed by atoms with Crippen molar-refractivity contribution in [1.29, 1.82) is 0 Å². The zero-order chi connectivity index (χ0) is 20.0. The second-order valence-corrected chi connectivity index (χ2v) is 7.79. The molecule has 1 fully saturated rings. The molecule has 2 aromatic rings. The van der Waals surface area contributed by atoms with E-state index >= 15 is 0 Å². The van der Waals surface area contributed by atoms with Crippen molar-refractivity contribution >= 4 is 22.8 Å². The molecule has 4 heterocycles. The minimum Gasteiger partial charge on any atom is -0.301 e. The van der Waals surface area contributed by atoms with Gasteiger partial charge in [0, 0.05) is 20.1 Å². The molecule has 28 heavy (non-hydrogen) atoms. The highest BCUT2D eigenvalue weighted by Gasteiger charge is 2.30. The Morgan fingerprint density at radius 2 is 1.82 bits per heavy atom. The molecule has 152 valence electrons. The number of rotatable bonds is 4. The predicted molar refractivity (Wildman–Crippen MR) is 110 cm³/mol. The number of fused-ring (bicyclic) bond motifs is 3. The van der Waals surface area contributed by atoms with Crippen LogP contribution in [-0.2, 0) is 13.6 Å². The first-order valence-electron chi connectivity index (χ1n) is 10.2. The van der Waals surface area contributed by atoms with E-state index in [-0.39, 0.29) is 17.3 Å². The van der Waals surface area contributed by atoms with Crippen LogP contribution in [0.2, 0.25) is 0 Å². The number of likely N-dealkylation sites (tertiary alicyclic amines) is 1. The van der Waals surface area contributed by atoms with Gasteiger partial charge in [-0.3, -0.25) is 18.5 Å². The fourth-order valence-electron chi connectivity index (χ4n) is 4.23. The van der Waals surface area contributed by atoms with Crippen molar-refractivity contribution in [2.24, 2.45) is 12.1 Å². The van der Waals surface area contributed by atoms with E-state index in [1.807, 2.05) is 30.3 Å². The third kappa shape index (κ3) is 2.88. The fourth-order valence-corrected chi connectivity index (χ4v) is 4.23. The van der Waals surface area contributed by atoms with E-state index in [0.717, 1.165) is 25.3 Å². The molecule has 1 unspecified atom stereocenters. The highest BCUT2D eigenvalue weighted by molar-refractivity contribution is 5.91. The molecule has 1 saturated heterocycles. The number of anilines is 1. The first kappa shape index (κ1) is 18.9. The van der Waals surface area contributed by atoms with Crippen molar-refractivity contribution in [3.8, 4) is 0 Å². The van der Waals surface area contributed by atoms with Crippen LogP contribution in [0.25, 0.3) is 11.2 Å². The molecule has 0 spiro atoms. The summed E-state index contributed by atoms with van der Waals surface area (Å²) >= 11 is 0. The topological polar surface area (TPSA) is 80.7 Å². The summed E-state index contributed by atoms with van der Waals surface area (Å²) in [6, 6.07) is -0.0817. The summed E-state index contributed by atoms with van der Waals surface area (Å²) in [4.78, 5) is 32.7. The lowest BCUT2D eigenvalue weighted by molar-refractivity contribution is 0.233. The van der Waals surface area contributed by atoms with Gasteiger partial charge in [0.15, 0.2) is 11.2 Å². The van der Waals surface area contributed by atoms with Gasteiger partial charge in [0.1, 0.15) is 0 Å². The van der Waals surface area contributed by atoms with Crippen LogP contribution >= 0.6 is 0 Å². The molecule has 0 aromatic carbocycles. The highest BCUT2D eigenvalue weighted by atomic mass is 16.2. The fraction of sp³-hybridized carbons (Fsp3) is 0.684. The van der Waals surface area contributed by atoms with Crippen LogP contribution in [0.3, 0.4) is 0 Å². The van der Waals surface area contributed by atoms with Crippen molar-refractivity contribution < 1.29 is 0 Å². The predicted octanol–water partition coefficient (Wildman–Crippen LogP) is 1.16. The van der Waals surface area contributed by atoms with E-state index in [4.69, 9.17) is 10.1 Å². The second kappa shape index (κ2) is 7.20. The van der Waals surface area contributed by atoms with Crippen molar-refractivity contribution in [2.75, 3.05) is 31.2 Å². The van der Waals surface area contributed by atoms with Gasteiger partial charge in [-0.15, -0.1) is 0 Å². The Hall–Kier alpha value is -2.42. The van der Waals surface area contributed by atoms with E-state index in [1.54, 1.807) is 7.05 Å². The summed E-state index contributed by atoms with van der Waals surface area (Å²) in [6.45, 7) is 10.0. The molecule has 2 aliphatic heterocycles. The SMILES string of the molecule is CCn1c(=O)c2c(nc3n2C(C)C(C)=NN3CCN2CCCCC2)n(C)c1=O. The molecule has 0 bridgehead atoms. The number of imidazole rings is 1. The van der Waals surface area contributed by atoms with Gasteiger partial charge in [-0.05, 0) is 46.7 Å². The van der Waals surface area contributed by atoms with Gasteiger partial charge in [-0.2, -0.15) is 10.1 Å². The Morgan fingerprint density at radius 3 is 2.50 bits per heavy atom. The maximum atomic E-state index is 13.1. The Bertz CT molecular complexity index is 1040. The average Bonchev–Trinajstić information content (AvgIpc) is 3.11. The molecule has 0 radical (unpaired) electrons. The number of nitrogens with zero attached hydrogens (tertiary/aromatic N) is 7. The zero-order valence-electron chi connectivity index (χ0n) is 17.2. The number of aryl methyl sites for hydroxylation is 1. The first-order chi connectivity index (χ1) is 13.4. The molecule has 0 N–H and O–H groups in total. The van der Waals surface area contributed by atoms with Crippen LogP contribution < -0.4 is 16.3 Å². The molecular formula is C19H29N7O2. The van der Waals surface area contributed by atoms with Crippen molar-refractivity contribution in [2.45, 2.75) is 52.6 Å². The summed E-state index contributed by atoms with van der Waals surface area (Å²) in [5.41, 5.74) is 1.22. The Morgan fingerprint density at radius 1 is 1.11 bits per heavy atom. The average molecular weight is 387 g/mol. The van der Waals surface area contributed by atoms with Gasteiger partial charge in [0.05, 0.1) is 18.3 Å². The molecule has 9 nitrogen and oxygen atoms in total. The van der Waals surface area contributed by atoms with E-state index < -0.39 is 0 Å². The summed E-state index contributed by atoms with van der Waals surface area (Å²) in [6.07, 6.45) is 3.80. The Balaban J connectivity index is 1.80. The van der Waals surface area contributed by atoms with Crippen LogP contribution in [-0.4, -0.2) is 55.5 Å². The van der Waals surface area contributed by atoms with E-state index in [0.29, 0.717) is 30.2 Å². The minimum atomic E-state index is -0.333. The molecular weight excluding hydrogens is 358 g/mol. The number of hydrogen-bond acceptors (Lipinski definition) is 6. The smallest absolute Gasteiger partial charge is 0.301 e. The quantitative estimate of drug-likeness (QED) is 0.786. The van der Waals surface area contributed by atoms with Gasteiger partial charge in [-0.1, -0.05) is 6.42 Å². The van der Waals surface area contributed by atoms with Gasteiger partial charge >= 0.3 is 5.69 Å². The third-order valence-corrected chi connectivity index (χ3v) is 6.05. The Kier molecular flexibility index (Phi) is 4.86. The molecule has 4 rings (SSSR count). The van der Waals surface area contributed by atoms with Crippen molar-refractivity contribution in [3.05, 3.63) is 20.8 Å². The van der Waals surface area contributed by atoms with E-state index in [2.05, 4.69) is 4.90 Å². The number of aromatic nitrogens is 4. The van der Waals surface area contributed by atoms with Crippen LogP contribution in [0, 0.1) is 0 Å². The summed E-state index contributed by atoms with van der Waals surface area (Å²) in [7, 11) is 1.67. The zero-order valence-corrected chi connectivity index (χ0v) is 17.2. The number of piperidine rings is 1. The maximum Gasteiger partial charge on any atom is 0.332 e. The van der Waals surface area contributed by atoms with Gasteiger partial charge < -0.3 is 4.90 Å². The first-order valence-corrected chi connectivity index (χ1v) is 10.2. The molecule has 0 aliphatic carbocycles. The molecule has 9 heteroatoms. The van der Waals surface area contributed by atoms with Crippen LogP contribution in [0.15, 0.2) is 14.7 Å². The number of hydrazone groups is 1. The lowest BCUT2D eigenvalue weighted by atomic mass is 10.1. The van der Waals surface area contributed by atoms with Gasteiger partial charge in [0.2, 0.25) is 5.95 Å². The standard InChI is InChI=1S/C19H29N7O2/c1-5-24-17(27)15-16(22(4)19(24)28)20-18-25(21-13(2)14(3)26(15)18)12-11-23-9-7-6-8-10-23/h14H,5-12H2,1-4H3. The van der Waals surface area contributed by atoms with Crippen molar-refractivity contribution in [1.82, 2.24) is 23.6 Å². The minimum absolute atomic E-state index is 0.0817. The highest BCUT2D eigenvalue weighted by Crippen LogP contribution is 2.29. The van der Waals surface area contributed by atoms with Crippen LogP contribution in [0.1, 0.15) is 46.1 Å². The third-order valence-electron chi connectivity index (χ3n) is 6.05. The molecule has 2 aliphatic rings. The monoisotopic (exact) mass is 387 g/mol. The van der Waals surface area contributed by atoms with E-state index in [1.165, 1.54) is 28.4 Å². The number of hydrogen-bond donors (Lipinski definition) is 0. The molecule has 0 amide bonds. The summed E-state index contributed by atoms with van der Waals surface area (Å²) < 4.78 is 4.68. The normalized spacial score (nSPS) is 20.5. The summed E-state index contributed by atoms with van der Waals surface area (Å²) in [5, 5.41) is 6.65.